The van der Waals surface area contributed by atoms with E-state index < -0.39 is 34.4 Å². The van der Waals surface area contributed by atoms with E-state index in [9.17, 15) is 24.5 Å². The van der Waals surface area contributed by atoms with Gasteiger partial charge in [-0.3, -0.25) is 19.7 Å². The molecule has 1 N–H and O–H groups in total. The molecule has 2 aliphatic rings. The highest BCUT2D eigenvalue weighted by molar-refractivity contribution is 6.01. The van der Waals surface area contributed by atoms with E-state index in [1.807, 2.05) is 19.1 Å². The summed E-state index contributed by atoms with van der Waals surface area (Å²) in [7, 11) is 2.32. The van der Waals surface area contributed by atoms with Gasteiger partial charge in [-0.25, -0.2) is 4.79 Å². The van der Waals surface area contributed by atoms with Crippen LogP contribution in [0.4, 0.5) is 11.4 Å². The Bertz CT molecular complexity index is 1250. The highest BCUT2D eigenvalue weighted by Crippen LogP contribution is 2.51. The number of carbonyl (C=O) groups excluding carboxylic acids is 3. The van der Waals surface area contributed by atoms with E-state index in [1.54, 1.807) is 18.2 Å². The number of aryl methyl sites for hydroxylation is 1. The van der Waals surface area contributed by atoms with Gasteiger partial charge in [-0.1, -0.05) is 29.8 Å². The molecule has 10 nitrogen and oxygen atoms in total. The molecule has 2 aromatic carbocycles. The van der Waals surface area contributed by atoms with E-state index in [-0.39, 0.29) is 29.2 Å². The average molecular weight is 495 g/mol. The number of ether oxygens (including phenoxy) is 3. The standard InChI is InChI=1S/C26H26N2O8/c1-15-10-12-17(13-11-15)27-26(25(31)35-3)23(24(30)34-2)21(16-6-4-7-18(14-16)28(32)33)22-19(29)8-5-9-20(22)36-26/h4,6-7,10-14,21,23,27H,5,8-9H2,1-3H3. The van der Waals surface area contributed by atoms with Crippen LogP contribution in [0.3, 0.4) is 0 Å². The second-order valence-corrected chi connectivity index (χ2v) is 8.76. The molecule has 1 heterocycles. The summed E-state index contributed by atoms with van der Waals surface area (Å²) < 4.78 is 16.5. The van der Waals surface area contributed by atoms with E-state index in [4.69, 9.17) is 14.2 Å². The first-order valence-corrected chi connectivity index (χ1v) is 11.4. The number of hydrogen-bond acceptors (Lipinski definition) is 9. The van der Waals surface area contributed by atoms with Crippen LogP contribution in [0.1, 0.15) is 36.3 Å². The Kier molecular flexibility index (Phi) is 6.78. The summed E-state index contributed by atoms with van der Waals surface area (Å²) in [6, 6.07) is 12.7. The molecule has 10 heteroatoms. The number of nitro groups is 1. The van der Waals surface area contributed by atoms with E-state index in [1.165, 1.54) is 18.2 Å². The fourth-order valence-corrected chi connectivity index (χ4v) is 4.89. The first kappa shape index (κ1) is 24.9. The van der Waals surface area contributed by atoms with E-state index in [0.717, 1.165) is 19.8 Å². The number of nitrogens with zero attached hydrogens (tertiary/aromatic N) is 1. The molecule has 36 heavy (non-hydrogen) atoms. The van der Waals surface area contributed by atoms with Crippen LogP contribution in [0.15, 0.2) is 59.9 Å². The van der Waals surface area contributed by atoms with Crippen LogP contribution in [0.2, 0.25) is 0 Å². The van der Waals surface area contributed by atoms with Crippen molar-refractivity contribution in [2.75, 3.05) is 19.5 Å². The Hall–Kier alpha value is -4.21. The van der Waals surface area contributed by atoms with Crippen molar-refractivity contribution in [3.8, 4) is 0 Å². The molecular formula is C26H26N2O8. The van der Waals surface area contributed by atoms with E-state index >= 15 is 0 Å². The van der Waals surface area contributed by atoms with E-state index in [2.05, 4.69) is 5.32 Å². The molecule has 2 aromatic rings. The largest absolute Gasteiger partial charge is 0.469 e. The van der Waals surface area contributed by atoms with Crippen molar-refractivity contribution in [2.45, 2.75) is 37.8 Å². The molecule has 0 bridgehead atoms. The molecule has 188 valence electrons. The molecule has 0 spiro atoms. The number of hydrogen-bond donors (Lipinski definition) is 1. The van der Waals surface area contributed by atoms with Crippen LogP contribution < -0.4 is 5.32 Å². The maximum Gasteiger partial charge on any atom is 0.373 e. The third-order valence-electron chi connectivity index (χ3n) is 6.54. The number of benzene rings is 2. The zero-order valence-corrected chi connectivity index (χ0v) is 20.1. The van der Waals surface area contributed by atoms with Crippen LogP contribution in [-0.2, 0) is 28.6 Å². The molecule has 0 radical (unpaired) electrons. The van der Waals surface area contributed by atoms with Gasteiger partial charge in [-0.15, -0.1) is 0 Å². The number of methoxy groups -OCH3 is 2. The molecule has 0 saturated carbocycles. The lowest BCUT2D eigenvalue weighted by atomic mass is 9.69. The number of anilines is 1. The monoisotopic (exact) mass is 494 g/mol. The van der Waals surface area contributed by atoms with E-state index in [0.29, 0.717) is 24.1 Å². The number of esters is 2. The zero-order chi connectivity index (χ0) is 26.0. The summed E-state index contributed by atoms with van der Waals surface area (Å²) in [5.41, 5.74) is -0.374. The molecule has 3 unspecified atom stereocenters. The van der Waals surface area contributed by atoms with Crippen molar-refractivity contribution < 1.29 is 33.5 Å². The Morgan fingerprint density at radius 2 is 1.83 bits per heavy atom. The van der Waals surface area contributed by atoms with Gasteiger partial charge in [0.05, 0.1) is 19.1 Å². The van der Waals surface area contributed by atoms with Crippen LogP contribution in [0, 0.1) is 23.0 Å². The third-order valence-corrected chi connectivity index (χ3v) is 6.54. The minimum Gasteiger partial charge on any atom is -0.469 e. The second kappa shape index (κ2) is 9.80. The van der Waals surface area contributed by atoms with Gasteiger partial charge in [0.1, 0.15) is 11.7 Å². The van der Waals surface area contributed by atoms with Gasteiger partial charge in [0, 0.05) is 42.2 Å². The number of nitrogens with one attached hydrogen (secondary N) is 1. The first-order valence-electron chi connectivity index (χ1n) is 11.4. The third kappa shape index (κ3) is 4.30. The van der Waals surface area contributed by atoms with Crippen molar-refractivity contribution in [2.24, 2.45) is 5.92 Å². The predicted molar refractivity (Wildman–Crippen MR) is 128 cm³/mol. The summed E-state index contributed by atoms with van der Waals surface area (Å²) in [5.74, 6) is -4.27. The van der Waals surface area contributed by atoms with Gasteiger partial charge in [0.25, 0.3) is 11.4 Å². The van der Waals surface area contributed by atoms with Gasteiger partial charge in [0.15, 0.2) is 5.78 Å². The molecular weight excluding hydrogens is 468 g/mol. The number of non-ortho nitro benzene ring substituents is 1. The normalized spacial score (nSPS) is 23.2. The second-order valence-electron chi connectivity index (χ2n) is 8.76. The first-order chi connectivity index (χ1) is 17.2. The van der Waals surface area contributed by atoms with Crippen LogP contribution in [-0.4, -0.2) is 42.6 Å². The van der Waals surface area contributed by atoms with Gasteiger partial charge in [-0.05, 0) is 31.0 Å². The summed E-state index contributed by atoms with van der Waals surface area (Å²) >= 11 is 0. The minimum atomic E-state index is -2.11. The van der Waals surface area contributed by atoms with Crippen molar-refractivity contribution in [3.05, 3.63) is 81.1 Å². The number of nitro benzene ring substituents is 1. The average Bonchev–Trinajstić information content (AvgIpc) is 2.88. The predicted octanol–water partition coefficient (Wildman–Crippen LogP) is 3.79. The zero-order valence-electron chi connectivity index (χ0n) is 20.1. The minimum absolute atomic E-state index is 0.211. The summed E-state index contributed by atoms with van der Waals surface area (Å²) in [5, 5.41) is 14.6. The molecule has 1 aliphatic heterocycles. The molecule has 0 aromatic heterocycles. The van der Waals surface area contributed by atoms with Gasteiger partial charge < -0.3 is 19.5 Å². The van der Waals surface area contributed by atoms with Crippen molar-refractivity contribution in [1.29, 1.82) is 0 Å². The Labute approximate surface area is 207 Å². The molecule has 3 atom stereocenters. The van der Waals surface area contributed by atoms with Gasteiger partial charge in [0.2, 0.25) is 0 Å². The van der Waals surface area contributed by atoms with Crippen LogP contribution in [0.25, 0.3) is 0 Å². The van der Waals surface area contributed by atoms with Crippen molar-refractivity contribution in [3.63, 3.8) is 0 Å². The van der Waals surface area contributed by atoms with Crippen LogP contribution >= 0.6 is 0 Å². The number of ketones is 1. The lowest BCUT2D eigenvalue weighted by Gasteiger charge is -2.47. The van der Waals surface area contributed by atoms with Crippen LogP contribution in [0.5, 0.6) is 0 Å². The SMILES string of the molecule is COC(=O)C1C(c2cccc([N+](=O)[O-])c2)C2=C(CCCC2=O)OC1(Nc1ccc(C)cc1)C(=O)OC. The summed E-state index contributed by atoms with van der Waals surface area (Å²) in [6.07, 6.45) is 1.05. The molecule has 0 fully saturated rings. The highest BCUT2D eigenvalue weighted by atomic mass is 16.6. The quantitative estimate of drug-likeness (QED) is 0.361. The number of Topliss-reactive ketones (excluding diaryl/α,β-unsaturated/α-hetero) is 1. The smallest absolute Gasteiger partial charge is 0.373 e. The van der Waals surface area contributed by atoms with Crippen molar-refractivity contribution >= 4 is 29.1 Å². The topological polar surface area (TPSA) is 134 Å². The summed E-state index contributed by atoms with van der Waals surface area (Å²) in [4.78, 5) is 51.0. The number of rotatable bonds is 6. The summed E-state index contributed by atoms with van der Waals surface area (Å²) in [6.45, 7) is 1.90. The number of carbonyl (C=O) groups is 3. The maximum atomic E-state index is 13.5. The molecule has 0 amide bonds. The lowest BCUT2D eigenvalue weighted by molar-refractivity contribution is -0.384. The molecule has 0 saturated heterocycles. The lowest BCUT2D eigenvalue weighted by Crippen LogP contribution is -2.62. The Morgan fingerprint density at radius 1 is 1.11 bits per heavy atom. The maximum absolute atomic E-state index is 13.5. The molecule has 1 aliphatic carbocycles. The Morgan fingerprint density at radius 3 is 2.47 bits per heavy atom. The van der Waals surface area contributed by atoms with Gasteiger partial charge >= 0.3 is 11.9 Å². The van der Waals surface area contributed by atoms with Crippen molar-refractivity contribution in [1.82, 2.24) is 0 Å². The van der Waals surface area contributed by atoms with Gasteiger partial charge in [-0.2, -0.15) is 0 Å². The fraction of sp³-hybridized carbons (Fsp3) is 0.346. The molecule has 4 rings (SSSR count). The Balaban J connectivity index is 2.00. The fourth-order valence-electron chi connectivity index (χ4n) is 4.89. The number of allylic oxidation sites excluding steroid dienone is 2. The highest BCUT2D eigenvalue weighted by Gasteiger charge is 2.62.